The molecule has 144 valence electrons. The second-order valence-electron chi connectivity index (χ2n) is 7.24. The molecule has 3 aliphatic heterocycles. The van der Waals surface area contributed by atoms with Gasteiger partial charge in [-0.15, -0.1) is 0 Å². The third-order valence-corrected chi connectivity index (χ3v) is 7.08. The minimum absolute atomic E-state index is 0.00384. The molecule has 4 heterocycles. The van der Waals surface area contributed by atoms with E-state index in [2.05, 4.69) is 10.2 Å². The van der Waals surface area contributed by atoms with Gasteiger partial charge in [0.1, 0.15) is 0 Å². The zero-order chi connectivity index (χ0) is 19.2. The second-order valence-corrected chi connectivity index (χ2v) is 10.2. The molecule has 4 rings (SSSR count). The molecule has 0 bridgehead atoms. The van der Waals surface area contributed by atoms with Crippen molar-refractivity contribution >= 4 is 33.2 Å². The molecule has 3 atom stereocenters. The first kappa shape index (κ1) is 19.2. The zero-order valence-electron chi connectivity index (χ0n) is 15.4. The Morgan fingerprint density at radius 1 is 1.04 bits per heavy atom. The van der Waals surface area contributed by atoms with Crippen molar-refractivity contribution < 1.29 is 13.2 Å². The van der Waals surface area contributed by atoms with Gasteiger partial charge >= 0.3 is 0 Å². The van der Waals surface area contributed by atoms with Crippen molar-refractivity contribution in [3.63, 3.8) is 0 Å². The monoisotopic (exact) mass is 400 g/mol. The van der Waals surface area contributed by atoms with Gasteiger partial charge in [-0.25, -0.2) is 5.01 Å². The molecule has 1 N–H and O–H groups in total. The normalized spacial score (nSPS) is 26.8. The van der Waals surface area contributed by atoms with E-state index in [-0.39, 0.29) is 29.5 Å². The maximum atomic E-state index is 11.7. The average Bonchev–Trinajstić information content (AvgIpc) is 3.24. The summed E-state index contributed by atoms with van der Waals surface area (Å²) in [6.45, 7) is 7.76. The number of nitrogens with one attached hydrogen (secondary N) is 1. The van der Waals surface area contributed by atoms with E-state index in [0.717, 1.165) is 11.4 Å². The van der Waals surface area contributed by atoms with Crippen LogP contribution in [0.5, 0.6) is 0 Å². The molecule has 0 radical (unpaired) electrons. The molecule has 8 nitrogen and oxygen atoms in total. The summed E-state index contributed by atoms with van der Waals surface area (Å²) in [5.74, 6) is 1.73. The first-order valence-electron chi connectivity index (χ1n) is 8.61. The lowest BCUT2D eigenvalue weighted by atomic mass is 10.1. The molecule has 0 saturated carbocycles. The minimum atomic E-state index is -0.865. The number of H-pyrrole nitrogens is 1. The fourth-order valence-corrected chi connectivity index (χ4v) is 5.88. The fourth-order valence-electron chi connectivity index (χ4n) is 3.18. The van der Waals surface area contributed by atoms with Gasteiger partial charge in [-0.05, 0) is 27.7 Å². The van der Waals surface area contributed by atoms with E-state index in [9.17, 15) is 18.0 Å². The van der Waals surface area contributed by atoms with Crippen LogP contribution in [0.1, 0.15) is 45.0 Å². The number of rotatable bonds is 2. The number of hydrogen-bond donors (Lipinski definition) is 1. The smallest absolute Gasteiger partial charge is 0.271 e. The van der Waals surface area contributed by atoms with Gasteiger partial charge < -0.3 is 0 Å². The van der Waals surface area contributed by atoms with Crippen LogP contribution in [-0.2, 0) is 37.9 Å². The number of hydrazone groups is 1. The van der Waals surface area contributed by atoms with Gasteiger partial charge in [0.2, 0.25) is 0 Å². The van der Waals surface area contributed by atoms with Crippen LogP contribution in [0.2, 0.25) is 0 Å². The van der Waals surface area contributed by atoms with E-state index in [1.54, 1.807) is 4.68 Å². The van der Waals surface area contributed by atoms with Crippen LogP contribution in [-0.4, -0.2) is 52.4 Å². The third kappa shape index (κ3) is 3.48. The van der Waals surface area contributed by atoms with Gasteiger partial charge in [-0.1, -0.05) is 0 Å². The lowest BCUT2D eigenvalue weighted by Gasteiger charge is -2.17. The standard InChI is InChI=1S/2C8H12N2O2S/c2*1-5(2)10-8(11)6-3-13(12)4-7(6)9-10/h5,9H,3-4H2,1-2H3;5-6H,3-4H2,1-2H3. The first-order chi connectivity index (χ1) is 12.2. The fraction of sp³-hybridized carbons (Fsp3) is 0.688. The second kappa shape index (κ2) is 7.22. The number of fused-ring (bicyclic) bond motifs is 2. The van der Waals surface area contributed by atoms with Gasteiger partial charge in [0, 0.05) is 39.4 Å². The maximum absolute atomic E-state index is 11.7. The van der Waals surface area contributed by atoms with Gasteiger partial charge in [-0.3, -0.25) is 27.8 Å². The molecule has 1 fully saturated rings. The Morgan fingerprint density at radius 2 is 1.73 bits per heavy atom. The van der Waals surface area contributed by atoms with Crippen molar-refractivity contribution in [2.45, 2.75) is 51.3 Å². The van der Waals surface area contributed by atoms with Crippen molar-refractivity contribution in [3.8, 4) is 0 Å². The largest absolute Gasteiger partial charge is 0.298 e. The molecule has 1 aromatic rings. The topological polar surface area (TPSA) is 105 Å². The molecule has 26 heavy (non-hydrogen) atoms. The van der Waals surface area contributed by atoms with E-state index >= 15 is 0 Å². The third-order valence-electron chi connectivity index (χ3n) is 4.54. The summed E-state index contributed by atoms with van der Waals surface area (Å²) in [7, 11) is -1.72. The maximum Gasteiger partial charge on any atom is 0.271 e. The van der Waals surface area contributed by atoms with Crippen LogP contribution >= 0.6 is 0 Å². The highest BCUT2D eigenvalue weighted by Crippen LogP contribution is 2.24. The Kier molecular flexibility index (Phi) is 5.34. The van der Waals surface area contributed by atoms with Crippen LogP contribution in [0.15, 0.2) is 9.90 Å². The summed E-state index contributed by atoms with van der Waals surface area (Å²) < 4.78 is 23.9. The number of hydrogen-bond acceptors (Lipinski definition) is 5. The number of aromatic amines is 1. The summed E-state index contributed by atoms with van der Waals surface area (Å²) >= 11 is 0. The molecule has 10 heteroatoms. The van der Waals surface area contributed by atoms with Crippen molar-refractivity contribution in [2.75, 3.05) is 11.5 Å². The quantitative estimate of drug-likeness (QED) is 0.780. The average molecular weight is 401 g/mol. The van der Waals surface area contributed by atoms with Gasteiger partial charge in [0.05, 0.1) is 40.1 Å². The summed E-state index contributed by atoms with van der Waals surface area (Å²) in [4.78, 5) is 23.3. The van der Waals surface area contributed by atoms with Crippen LogP contribution in [0.4, 0.5) is 0 Å². The lowest BCUT2D eigenvalue weighted by Crippen LogP contribution is -2.32. The van der Waals surface area contributed by atoms with Crippen LogP contribution in [0, 0.1) is 5.92 Å². The molecule has 1 aromatic heterocycles. The van der Waals surface area contributed by atoms with Crippen LogP contribution in [0.25, 0.3) is 0 Å². The zero-order valence-corrected chi connectivity index (χ0v) is 17.0. The van der Waals surface area contributed by atoms with Gasteiger partial charge in [-0.2, -0.15) is 5.10 Å². The van der Waals surface area contributed by atoms with Crippen LogP contribution in [0.3, 0.4) is 0 Å². The number of nitrogens with zero attached hydrogens (tertiary/aromatic N) is 3. The molecule has 3 unspecified atom stereocenters. The molecule has 0 aliphatic carbocycles. The molecule has 1 amide bonds. The number of carbonyl (C=O) groups excluding carboxylic acids is 1. The summed E-state index contributed by atoms with van der Waals surface area (Å²) in [5, 5.41) is 8.70. The number of carbonyl (C=O) groups is 1. The van der Waals surface area contributed by atoms with Crippen molar-refractivity contribution in [3.05, 3.63) is 21.6 Å². The molecule has 3 aliphatic rings. The predicted octanol–water partition coefficient (Wildman–Crippen LogP) is 0.491. The highest BCUT2D eigenvalue weighted by Gasteiger charge is 2.42. The van der Waals surface area contributed by atoms with E-state index in [1.165, 1.54) is 5.01 Å². The summed E-state index contributed by atoms with van der Waals surface area (Å²) in [6, 6.07) is 0.255. The summed E-state index contributed by atoms with van der Waals surface area (Å²) in [6.07, 6.45) is 0. The van der Waals surface area contributed by atoms with E-state index in [0.29, 0.717) is 28.6 Å². The molecule has 0 spiro atoms. The Balaban J connectivity index is 0.000000151. The molecular formula is C16H24N4O4S2. The number of aromatic nitrogens is 2. The van der Waals surface area contributed by atoms with Crippen LogP contribution < -0.4 is 5.56 Å². The molecular weight excluding hydrogens is 376 g/mol. The molecule has 0 aromatic carbocycles. The Hall–Kier alpha value is -1.55. The minimum Gasteiger partial charge on any atom is -0.298 e. The van der Waals surface area contributed by atoms with E-state index in [1.807, 2.05) is 27.7 Å². The van der Waals surface area contributed by atoms with E-state index in [4.69, 9.17) is 0 Å². The van der Waals surface area contributed by atoms with Crippen molar-refractivity contribution in [1.82, 2.24) is 14.8 Å². The van der Waals surface area contributed by atoms with Crippen molar-refractivity contribution in [1.29, 1.82) is 0 Å². The highest BCUT2D eigenvalue weighted by atomic mass is 32.2. The SMILES string of the molecule is CC(C)N1N=C2CS(=O)CC2C1=O.CC(C)n1[nH]c2c(c1=O)CS(=O)C2. The first-order valence-corrected chi connectivity index (χ1v) is 11.6. The Bertz CT molecular complexity index is 868. The highest BCUT2D eigenvalue weighted by molar-refractivity contribution is 7.86. The van der Waals surface area contributed by atoms with Crippen molar-refractivity contribution in [2.24, 2.45) is 11.0 Å². The Labute approximate surface area is 156 Å². The number of amides is 1. The van der Waals surface area contributed by atoms with Gasteiger partial charge in [0.15, 0.2) is 0 Å². The Morgan fingerprint density at radius 3 is 2.27 bits per heavy atom. The predicted molar refractivity (Wildman–Crippen MR) is 102 cm³/mol. The lowest BCUT2D eigenvalue weighted by molar-refractivity contribution is -0.132. The summed E-state index contributed by atoms with van der Waals surface area (Å²) in [5.41, 5.74) is 2.39. The molecule has 1 saturated heterocycles. The van der Waals surface area contributed by atoms with E-state index < -0.39 is 21.6 Å². The van der Waals surface area contributed by atoms with Gasteiger partial charge in [0.25, 0.3) is 11.5 Å².